The molecule has 0 bridgehead atoms. The molecule has 0 amide bonds. The molecule has 0 saturated carbocycles. The lowest BCUT2D eigenvalue weighted by molar-refractivity contribution is -0.117. The summed E-state index contributed by atoms with van der Waals surface area (Å²) in [6.07, 6.45) is 4.40. The minimum Gasteiger partial charge on any atom is -0.388 e. The Morgan fingerprint density at radius 1 is 1.17 bits per heavy atom. The first-order chi connectivity index (χ1) is 11.7. The highest BCUT2D eigenvalue weighted by molar-refractivity contribution is 5.96. The molecule has 0 radical (unpaired) electrons. The van der Waals surface area contributed by atoms with Crippen LogP contribution in [0, 0.1) is 0 Å². The van der Waals surface area contributed by atoms with Crippen molar-refractivity contribution in [1.29, 1.82) is 0 Å². The van der Waals surface area contributed by atoms with E-state index in [4.69, 9.17) is 5.11 Å². The molecular formula is C20H34N2O2. The Morgan fingerprint density at radius 2 is 1.75 bits per heavy atom. The average molecular weight is 335 g/mol. The number of fused-ring (bicyclic) bond motifs is 1. The molecule has 1 heterocycles. The van der Waals surface area contributed by atoms with Crippen molar-refractivity contribution in [3.8, 4) is 0 Å². The number of aryl methyl sites for hydroxylation is 1. The third-order valence-corrected chi connectivity index (χ3v) is 3.07. The fourth-order valence-electron chi connectivity index (χ4n) is 2.05. The molecule has 136 valence electrons. The van der Waals surface area contributed by atoms with E-state index in [9.17, 15) is 4.79 Å². The molecule has 4 heteroatoms. The number of carbonyl (C=O) groups excluding carboxylic acids is 1. The third kappa shape index (κ3) is 7.11. The van der Waals surface area contributed by atoms with Gasteiger partial charge in [0.1, 0.15) is 6.61 Å². The smallest absolute Gasteiger partial charge is 0.182 e. The Balaban J connectivity index is 0. The van der Waals surface area contributed by atoms with Gasteiger partial charge in [-0.15, -0.1) is 0 Å². The van der Waals surface area contributed by atoms with Gasteiger partial charge in [0.05, 0.1) is 5.52 Å². The maximum atomic E-state index is 11.2. The second kappa shape index (κ2) is 14.7. The minimum absolute atomic E-state index is 0.277. The minimum atomic E-state index is -0.448. The van der Waals surface area contributed by atoms with Crippen molar-refractivity contribution in [3.63, 3.8) is 0 Å². The molecule has 0 saturated heterocycles. The number of ketones is 1. The van der Waals surface area contributed by atoms with E-state index >= 15 is 0 Å². The zero-order chi connectivity index (χ0) is 19.1. The molecule has 0 unspecified atom stereocenters. The van der Waals surface area contributed by atoms with Crippen LogP contribution in [0.5, 0.6) is 0 Å². The Hall–Kier alpha value is -1.91. The predicted octanol–water partition coefficient (Wildman–Crippen LogP) is 4.25. The quantitative estimate of drug-likeness (QED) is 0.821. The number of aliphatic hydroxyl groups is 1. The molecule has 0 aliphatic heterocycles. The number of aromatic nitrogens is 1. The van der Waals surface area contributed by atoms with Gasteiger partial charge in [0.15, 0.2) is 5.78 Å². The highest BCUT2D eigenvalue weighted by Crippen LogP contribution is 2.21. The Morgan fingerprint density at radius 3 is 2.25 bits per heavy atom. The van der Waals surface area contributed by atoms with Crippen molar-refractivity contribution in [2.75, 3.05) is 13.7 Å². The van der Waals surface area contributed by atoms with Gasteiger partial charge < -0.3 is 15.4 Å². The number of nitrogens with zero attached hydrogens (tertiary/aromatic N) is 1. The van der Waals surface area contributed by atoms with E-state index in [2.05, 4.69) is 30.9 Å². The van der Waals surface area contributed by atoms with Gasteiger partial charge in [0, 0.05) is 18.0 Å². The Kier molecular flexibility index (Phi) is 14.9. The van der Waals surface area contributed by atoms with Gasteiger partial charge in [-0.2, -0.15) is 0 Å². The highest BCUT2D eigenvalue weighted by atomic mass is 16.3. The first-order valence-corrected chi connectivity index (χ1v) is 8.65. The van der Waals surface area contributed by atoms with Crippen molar-refractivity contribution in [1.82, 2.24) is 4.57 Å². The number of hydrogen-bond donors (Lipinski definition) is 2. The monoisotopic (exact) mass is 334 g/mol. The highest BCUT2D eigenvalue weighted by Gasteiger charge is 2.04. The topological polar surface area (TPSA) is 68.2 Å². The molecule has 0 aliphatic carbocycles. The maximum absolute atomic E-state index is 11.2. The van der Waals surface area contributed by atoms with Gasteiger partial charge in [-0.25, -0.2) is 0 Å². The molecule has 2 aromatic rings. The SMILES string of the molecule is CC.CC.CCc1ccc2ccn(/C(C)=C/C(=O)CO)c2c1.CN. The van der Waals surface area contributed by atoms with Crippen molar-refractivity contribution >= 4 is 22.4 Å². The fraction of sp³-hybridized carbons (Fsp3) is 0.450. The summed E-state index contributed by atoms with van der Waals surface area (Å²) in [6.45, 7) is 11.5. The molecular weight excluding hydrogens is 300 g/mol. The summed E-state index contributed by atoms with van der Waals surface area (Å²) < 4.78 is 1.97. The third-order valence-electron chi connectivity index (χ3n) is 3.07. The summed E-state index contributed by atoms with van der Waals surface area (Å²) in [5.41, 5.74) is 7.68. The van der Waals surface area contributed by atoms with Crippen molar-refractivity contribution in [2.24, 2.45) is 5.73 Å². The van der Waals surface area contributed by atoms with E-state index in [1.54, 1.807) is 0 Å². The van der Waals surface area contributed by atoms with Crippen LogP contribution in [0.4, 0.5) is 0 Å². The van der Waals surface area contributed by atoms with E-state index in [0.29, 0.717) is 0 Å². The number of carbonyl (C=O) groups is 1. The van der Waals surface area contributed by atoms with Gasteiger partial charge >= 0.3 is 0 Å². The van der Waals surface area contributed by atoms with Crippen molar-refractivity contribution in [3.05, 3.63) is 42.1 Å². The normalized spacial score (nSPS) is 9.79. The largest absolute Gasteiger partial charge is 0.388 e. The fourth-order valence-corrected chi connectivity index (χ4v) is 2.05. The molecule has 0 fully saturated rings. The van der Waals surface area contributed by atoms with Gasteiger partial charge in [0.25, 0.3) is 0 Å². The zero-order valence-corrected chi connectivity index (χ0v) is 16.3. The van der Waals surface area contributed by atoms with Crippen LogP contribution in [0.3, 0.4) is 0 Å². The number of aliphatic hydroxyl groups excluding tert-OH is 1. The van der Waals surface area contributed by atoms with Crippen molar-refractivity contribution < 1.29 is 9.90 Å². The van der Waals surface area contributed by atoms with Crippen LogP contribution in [0.15, 0.2) is 36.5 Å². The van der Waals surface area contributed by atoms with Crippen LogP contribution in [0.1, 0.15) is 47.1 Å². The van der Waals surface area contributed by atoms with E-state index in [1.165, 1.54) is 18.7 Å². The van der Waals surface area contributed by atoms with Gasteiger partial charge in [-0.1, -0.05) is 46.8 Å². The number of benzene rings is 1. The van der Waals surface area contributed by atoms with Gasteiger partial charge in [-0.05, 0) is 43.5 Å². The van der Waals surface area contributed by atoms with Gasteiger partial charge in [0.2, 0.25) is 0 Å². The van der Waals surface area contributed by atoms with Crippen LogP contribution >= 0.6 is 0 Å². The molecule has 3 N–H and O–H groups in total. The second-order valence-corrected chi connectivity index (χ2v) is 4.34. The van der Waals surface area contributed by atoms with Crippen LogP contribution in [-0.2, 0) is 11.2 Å². The van der Waals surface area contributed by atoms with Crippen LogP contribution in [0.2, 0.25) is 0 Å². The summed E-state index contributed by atoms with van der Waals surface area (Å²) in [5, 5.41) is 9.92. The lowest BCUT2D eigenvalue weighted by Crippen LogP contribution is -2.02. The molecule has 0 atom stereocenters. The lowest BCUT2D eigenvalue weighted by Gasteiger charge is -2.06. The standard InChI is InChI=1S/C15H17NO2.2C2H6.CH5N/c1-3-12-4-5-13-6-7-16(15(13)9-12)11(2)8-14(18)10-17;3*1-2/h4-9,17H,3,10H2,1-2H3;2*1-2H3;2H2,1H3/b11-8+;;;. The molecule has 4 nitrogen and oxygen atoms in total. The van der Waals surface area contributed by atoms with Crippen LogP contribution < -0.4 is 5.73 Å². The van der Waals surface area contributed by atoms with Crippen molar-refractivity contribution in [2.45, 2.75) is 48.0 Å². The Labute approximate surface area is 147 Å². The molecule has 1 aromatic heterocycles. The first kappa shape index (κ1) is 24.3. The summed E-state index contributed by atoms with van der Waals surface area (Å²) in [6, 6.07) is 8.36. The maximum Gasteiger partial charge on any atom is 0.182 e. The van der Waals surface area contributed by atoms with Crippen LogP contribution in [0.25, 0.3) is 16.6 Å². The Bertz CT molecular complexity index is 613. The van der Waals surface area contributed by atoms with Gasteiger partial charge in [-0.3, -0.25) is 4.79 Å². The summed E-state index contributed by atoms with van der Waals surface area (Å²) in [7, 11) is 1.50. The summed E-state index contributed by atoms with van der Waals surface area (Å²) in [4.78, 5) is 11.2. The molecule has 0 aliphatic rings. The predicted molar refractivity (Wildman–Crippen MR) is 106 cm³/mol. The molecule has 2 rings (SSSR count). The summed E-state index contributed by atoms with van der Waals surface area (Å²) >= 11 is 0. The number of rotatable bonds is 4. The van der Waals surface area contributed by atoms with E-state index in [1.807, 2.05) is 51.4 Å². The average Bonchev–Trinajstić information content (AvgIpc) is 3.09. The number of allylic oxidation sites excluding steroid dienone is 1. The van der Waals surface area contributed by atoms with E-state index in [-0.39, 0.29) is 5.78 Å². The zero-order valence-electron chi connectivity index (χ0n) is 16.3. The number of hydrogen-bond acceptors (Lipinski definition) is 3. The van der Waals surface area contributed by atoms with E-state index < -0.39 is 6.61 Å². The first-order valence-electron chi connectivity index (χ1n) is 8.65. The lowest BCUT2D eigenvalue weighted by atomic mass is 10.1. The number of nitrogens with two attached hydrogens (primary N) is 1. The molecule has 1 aromatic carbocycles. The second-order valence-electron chi connectivity index (χ2n) is 4.34. The van der Waals surface area contributed by atoms with E-state index in [0.717, 1.165) is 23.0 Å². The van der Waals surface area contributed by atoms with Crippen LogP contribution in [-0.4, -0.2) is 29.1 Å². The molecule has 0 spiro atoms. The summed E-state index contributed by atoms with van der Waals surface area (Å²) in [5.74, 6) is -0.277. The molecule has 24 heavy (non-hydrogen) atoms.